The quantitative estimate of drug-likeness (QED) is 0.851. The molecule has 0 aliphatic carbocycles. The van der Waals surface area contributed by atoms with E-state index < -0.39 is 6.03 Å². The fraction of sp³-hybridized carbons (Fsp3) is 0.133. The molecule has 2 aromatic carbocycles. The van der Waals surface area contributed by atoms with Gasteiger partial charge in [-0.15, -0.1) is 0 Å². The fourth-order valence-corrected chi connectivity index (χ4v) is 2.26. The first-order valence-corrected chi connectivity index (χ1v) is 7.04. The zero-order valence-corrected chi connectivity index (χ0v) is 13.5. The third-order valence-corrected chi connectivity index (χ3v) is 3.44. The lowest BCUT2D eigenvalue weighted by Gasteiger charge is -2.12. The van der Waals surface area contributed by atoms with Gasteiger partial charge in [-0.2, -0.15) is 0 Å². The van der Waals surface area contributed by atoms with Gasteiger partial charge in [0, 0.05) is 23.9 Å². The number of amides is 2. The Morgan fingerprint density at radius 3 is 2.00 bits per heavy atom. The van der Waals surface area contributed by atoms with E-state index in [0.717, 1.165) is 0 Å². The van der Waals surface area contributed by atoms with Crippen molar-refractivity contribution in [3.05, 3.63) is 46.4 Å². The van der Waals surface area contributed by atoms with Crippen molar-refractivity contribution in [3.8, 4) is 11.5 Å². The smallest absolute Gasteiger partial charge is 0.323 e. The zero-order valence-electron chi connectivity index (χ0n) is 11.9. The molecule has 116 valence electrons. The van der Waals surface area contributed by atoms with Crippen molar-refractivity contribution in [2.75, 3.05) is 24.9 Å². The number of urea groups is 1. The summed E-state index contributed by atoms with van der Waals surface area (Å²) in [5, 5.41) is 5.98. The van der Waals surface area contributed by atoms with Crippen molar-refractivity contribution in [3.63, 3.8) is 0 Å². The summed E-state index contributed by atoms with van der Waals surface area (Å²) in [4.78, 5) is 12.1. The van der Waals surface area contributed by atoms with Crippen LogP contribution in [0.2, 0.25) is 10.0 Å². The molecule has 2 amide bonds. The summed E-state index contributed by atoms with van der Waals surface area (Å²) in [6.07, 6.45) is 0. The summed E-state index contributed by atoms with van der Waals surface area (Å²) >= 11 is 12.0. The van der Waals surface area contributed by atoms with Crippen molar-refractivity contribution in [1.29, 1.82) is 0 Å². The monoisotopic (exact) mass is 340 g/mol. The van der Waals surface area contributed by atoms with Crippen LogP contribution in [0.25, 0.3) is 0 Å². The van der Waals surface area contributed by atoms with Crippen LogP contribution in [-0.4, -0.2) is 20.3 Å². The van der Waals surface area contributed by atoms with Crippen LogP contribution in [0.1, 0.15) is 0 Å². The molecular formula is C15H14Cl2N2O3. The summed E-state index contributed by atoms with van der Waals surface area (Å²) in [5.41, 5.74) is 0.857. The van der Waals surface area contributed by atoms with Crippen molar-refractivity contribution < 1.29 is 14.3 Å². The SMILES string of the molecule is COc1cc(NC(=O)Nc2c(Cl)cccc2Cl)cc(OC)c1. The Kier molecular flexibility index (Phi) is 5.35. The van der Waals surface area contributed by atoms with Crippen LogP contribution in [0.4, 0.5) is 16.2 Å². The van der Waals surface area contributed by atoms with Crippen LogP contribution in [0.5, 0.6) is 11.5 Å². The van der Waals surface area contributed by atoms with Gasteiger partial charge in [0.05, 0.1) is 30.0 Å². The molecule has 0 heterocycles. The minimum atomic E-state index is -0.481. The highest BCUT2D eigenvalue weighted by molar-refractivity contribution is 6.39. The van der Waals surface area contributed by atoms with E-state index in [9.17, 15) is 4.79 Å². The predicted octanol–water partition coefficient (Wildman–Crippen LogP) is 4.65. The molecule has 0 bridgehead atoms. The average Bonchev–Trinajstić information content (AvgIpc) is 2.50. The number of halogens is 2. The average molecular weight is 341 g/mol. The third-order valence-electron chi connectivity index (χ3n) is 2.81. The molecule has 0 aliphatic heterocycles. The van der Waals surface area contributed by atoms with Crippen LogP contribution in [-0.2, 0) is 0 Å². The first-order chi connectivity index (χ1) is 10.5. The Balaban J connectivity index is 2.15. The summed E-state index contributed by atoms with van der Waals surface area (Å²) in [5.74, 6) is 1.12. The van der Waals surface area contributed by atoms with Crippen molar-refractivity contribution in [2.24, 2.45) is 0 Å². The van der Waals surface area contributed by atoms with Gasteiger partial charge in [-0.25, -0.2) is 4.79 Å². The Labute approximate surface area is 138 Å². The zero-order chi connectivity index (χ0) is 16.1. The van der Waals surface area contributed by atoms with E-state index in [1.54, 1.807) is 36.4 Å². The highest BCUT2D eigenvalue weighted by atomic mass is 35.5. The molecule has 2 rings (SSSR count). The molecule has 0 saturated heterocycles. The molecule has 0 fully saturated rings. The molecule has 0 saturated carbocycles. The van der Waals surface area contributed by atoms with Gasteiger partial charge in [0.2, 0.25) is 0 Å². The normalized spacial score (nSPS) is 10.0. The molecule has 5 nitrogen and oxygen atoms in total. The number of ether oxygens (including phenoxy) is 2. The number of nitrogens with one attached hydrogen (secondary N) is 2. The van der Waals surface area contributed by atoms with E-state index >= 15 is 0 Å². The first kappa shape index (κ1) is 16.3. The number of anilines is 2. The van der Waals surface area contributed by atoms with Gasteiger partial charge in [-0.05, 0) is 12.1 Å². The van der Waals surface area contributed by atoms with Crippen LogP contribution in [0, 0.1) is 0 Å². The van der Waals surface area contributed by atoms with Crippen molar-refractivity contribution in [2.45, 2.75) is 0 Å². The van der Waals surface area contributed by atoms with Gasteiger partial charge in [0.15, 0.2) is 0 Å². The number of rotatable bonds is 4. The molecule has 2 aromatic rings. The molecule has 0 atom stereocenters. The maximum absolute atomic E-state index is 12.1. The van der Waals surface area contributed by atoms with Gasteiger partial charge in [-0.3, -0.25) is 0 Å². The Hall–Kier alpha value is -2.11. The summed E-state index contributed by atoms with van der Waals surface area (Å²) in [6.45, 7) is 0. The number of para-hydroxylation sites is 1. The van der Waals surface area contributed by atoms with E-state index in [0.29, 0.717) is 32.9 Å². The Morgan fingerprint density at radius 2 is 1.50 bits per heavy atom. The Bertz CT molecular complexity index is 650. The van der Waals surface area contributed by atoms with Gasteiger partial charge >= 0.3 is 6.03 Å². The topological polar surface area (TPSA) is 59.6 Å². The lowest BCUT2D eigenvalue weighted by molar-refractivity contribution is 0.262. The maximum Gasteiger partial charge on any atom is 0.323 e. The number of carbonyl (C=O) groups excluding carboxylic acids is 1. The highest BCUT2D eigenvalue weighted by Crippen LogP contribution is 2.30. The molecule has 2 N–H and O–H groups in total. The van der Waals surface area contributed by atoms with Gasteiger partial charge < -0.3 is 20.1 Å². The molecule has 22 heavy (non-hydrogen) atoms. The van der Waals surface area contributed by atoms with E-state index in [1.807, 2.05) is 0 Å². The second-order valence-electron chi connectivity index (χ2n) is 4.28. The van der Waals surface area contributed by atoms with Gasteiger partial charge in [0.1, 0.15) is 11.5 Å². The van der Waals surface area contributed by atoms with Gasteiger partial charge in [-0.1, -0.05) is 29.3 Å². The van der Waals surface area contributed by atoms with Crippen molar-refractivity contribution >= 4 is 40.6 Å². The molecule has 0 spiro atoms. The molecule has 0 aliphatic rings. The molecule has 0 aromatic heterocycles. The fourth-order valence-electron chi connectivity index (χ4n) is 1.77. The minimum absolute atomic E-state index is 0.346. The maximum atomic E-state index is 12.1. The molecule has 0 radical (unpaired) electrons. The summed E-state index contributed by atoms with van der Waals surface area (Å²) in [7, 11) is 3.06. The summed E-state index contributed by atoms with van der Waals surface area (Å²) in [6, 6.07) is 9.52. The van der Waals surface area contributed by atoms with Crippen LogP contribution >= 0.6 is 23.2 Å². The number of hydrogen-bond donors (Lipinski definition) is 2. The molecule has 7 heteroatoms. The lowest BCUT2D eigenvalue weighted by Crippen LogP contribution is -2.20. The van der Waals surface area contributed by atoms with E-state index in [1.165, 1.54) is 14.2 Å². The number of methoxy groups -OCH3 is 2. The highest BCUT2D eigenvalue weighted by Gasteiger charge is 2.10. The molecule has 0 unspecified atom stereocenters. The minimum Gasteiger partial charge on any atom is -0.497 e. The first-order valence-electron chi connectivity index (χ1n) is 6.28. The number of benzene rings is 2. The summed E-state index contributed by atoms with van der Waals surface area (Å²) < 4.78 is 10.3. The van der Waals surface area contributed by atoms with Crippen LogP contribution in [0.3, 0.4) is 0 Å². The number of hydrogen-bond acceptors (Lipinski definition) is 3. The standard InChI is InChI=1S/C15H14Cl2N2O3/c1-21-10-6-9(7-11(8-10)22-2)18-15(20)19-14-12(16)4-3-5-13(14)17/h3-8H,1-2H3,(H2,18,19,20). The Morgan fingerprint density at radius 1 is 0.955 bits per heavy atom. The van der Waals surface area contributed by atoms with Gasteiger partial charge in [0.25, 0.3) is 0 Å². The third kappa shape index (κ3) is 3.96. The van der Waals surface area contributed by atoms with Crippen molar-refractivity contribution in [1.82, 2.24) is 0 Å². The predicted molar refractivity (Wildman–Crippen MR) is 88.6 cm³/mol. The second kappa shape index (κ2) is 7.24. The van der Waals surface area contributed by atoms with Crippen LogP contribution < -0.4 is 20.1 Å². The van der Waals surface area contributed by atoms with E-state index in [2.05, 4.69) is 10.6 Å². The molecular weight excluding hydrogens is 327 g/mol. The van der Waals surface area contributed by atoms with Crippen LogP contribution in [0.15, 0.2) is 36.4 Å². The van der Waals surface area contributed by atoms with E-state index in [4.69, 9.17) is 32.7 Å². The second-order valence-corrected chi connectivity index (χ2v) is 5.09. The lowest BCUT2D eigenvalue weighted by atomic mass is 10.2. The van der Waals surface area contributed by atoms with E-state index in [-0.39, 0.29) is 0 Å². The number of carbonyl (C=O) groups is 1. The largest absolute Gasteiger partial charge is 0.497 e.